The van der Waals surface area contributed by atoms with Crippen molar-refractivity contribution in [3.8, 4) is 0 Å². The minimum absolute atomic E-state index is 0.267. The smallest absolute Gasteiger partial charge is 0.397 e. The van der Waals surface area contributed by atoms with E-state index in [0.717, 1.165) is 12.3 Å². The molecule has 1 aromatic rings. The third kappa shape index (κ3) is 3.24. The van der Waals surface area contributed by atoms with Crippen molar-refractivity contribution in [2.24, 2.45) is 0 Å². The number of pyridine rings is 1. The molecule has 2 nitrogen and oxygen atoms in total. The highest BCUT2D eigenvalue weighted by Crippen LogP contribution is 2.28. The van der Waals surface area contributed by atoms with Crippen LogP contribution in [0.1, 0.15) is 25.1 Å². The summed E-state index contributed by atoms with van der Waals surface area (Å²) in [7, 11) is 0. The molecule has 0 fully saturated rings. The molecule has 0 aliphatic carbocycles. The van der Waals surface area contributed by atoms with Crippen LogP contribution in [0.25, 0.3) is 0 Å². The lowest BCUT2D eigenvalue weighted by atomic mass is 10.2. The van der Waals surface area contributed by atoms with Crippen molar-refractivity contribution in [3.05, 3.63) is 23.5 Å². The molecule has 0 bridgehead atoms. The Bertz CT molecular complexity index is 295. The molecule has 0 radical (unpaired) electrons. The van der Waals surface area contributed by atoms with Crippen LogP contribution in [0.15, 0.2) is 12.3 Å². The van der Waals surface area contributed by atoms with Crippen LogP contribution in [0.5, 0.6) is 0 Å². The molecule has 1 rings (SSSR count). The average Bonchev–Trinajstić information content (AvgIpc) is 2.11. The number of nitrogens with zero attached hydrogens (tertiary/aromatic N) is 1. The number of aromatic nitrogens is 1. The fraction of sp³-hybridized carbons (Fsp3) is 0.444. The zero-order valence-electron chi connectivity index (χ0n) is 8.31. The minimum atomic E-state index is -4.39. The third-order valence-corrected chi connectivity index (χ3v) is 1.44. The fourth-order valence-electron chi connectivity index (χ4n) is 0.722. The molecule has 2 N–H and O–H groups in total. The molecule has 0 atom stereocenters. The first-order chi connectivity index (χ1) is 6.41. The van der Waals surface area contributed by atoms with Gasteiger partial charge in [0.1, 0.15) is 5.69 Å². The highest BCUT2D eigenvalue weighted by molar-refractivity contribution is 5.44. The van der Waals surface area contributed by atoms with Crippen molar-refractivity contribution in [1.29, 1.82) is 0 Å². The largest absolute Gasteiger partial charge is 0.433 e. The van der Waals surface area contributed by atoms with Gasteiger partial charge in [0, 0.05) is 0 Å². The van der Waals surface area contributed by atoms with Gasteiger partial charge in [0.25, 0.3) is 0 Å². The molecule has 0 amide bonds. The molecule has 5 heteroatoms. The number of aryl methyl sites for hydroxylation is 1. The maximum absolute atomic E-state index is 12.0. The lowest BCUT2D eigenvalue weighted by Crippen LogP contribution is -2.08. The Hall–Kier alpha value is -1.26. The number of hydrogen-bond acceptors (Lipinski definition) is 2. The van der Waals surface area contributed by atoms with E-state index in [9.17, 15) is 13.2 Å². The molecule has 0 saturated heterocycles. The van der Waals surface area contributed by atoms with Gasteiger partial charge in [-0.25, -0.2) is 4.98 Å². The summed E-state index contributed by atoms with van der Waals surface area (Å²) in [6.07, 6.45) is -3.38. The molecule has 0 aromatic carbocycles. The van der Waals surface area contributed by atoms with E-state index in [1.807, 2.05) is 13.8 Å². The van der Waals surface area contributed by atoms with Gasteiger partial charge in [0.05, 0.1) is 11.9 Å². The number of halogens is 3. The Labute approximate surface area is 81.0 Å². The lowest BCUT2D eigenvalue weighted by molar-refractivity contribution is -0.141. The van der Waals surface area contributed by atoms with E-state index in [2.05, 4.69) is 4.98 Å². The second kappa shape index (κ2) is 4.83. The van der Waals surface area contributed by atoms with Crippen molar-refractivity contribution in [2.45, 2.75) is 26.9 Å². The average molecular weight is 206 g/mol. The summed E-state index contributed by atoms with van der Waals surface area (Å²) in [6.45, 7) is 5.51. The van der Waals surface area contributed by atoms with Crippen LogP contribution in [0.3, 0.4) is 0 Å². The molecular formula is C9H13F3N2. The summed E-state index contributed by atoms with van der Waals surface area (Å²) in [5.41, 5.74) is 5.05. The topological polar surface area (TPSA) is 38.9 Å². The summed E-state index contributed by atoms with van der Waals surface area (Å²) in [4.78, 5) is 3.16. The Kier molecular flexibility index (Phi) is 4.40. The predicted octanol–water partition coefficient (Wildman–Crippen LogP) is 3.02. The molecule has 14 heavy (non-hydrogen) atoms. The summed E-state index contributed by atoms with van der Waals surface area (Å²) >= 11 is 0. The number of anilines is 1. The van der Waals surface area contributed by atoms with Gasteiger partial charge in [-0.1, -0.05) is 13.8 Å². The van der Waals surface area contributed by atoms with Gasteiger partial charge in [-0.05, 0) is 18.6 Å². The van der Waals surface area contributed by atoms with Crippen LogP contribution < -0.4 is 5.73 Å². The van der Waals surface area contributed by atoms with Crippen LogP contribution in [0.2, 0.25) is 0 Å². The van der Waals surface area contributed by atoms with Crippen molar-refractivity contribution in [3.63, 3.8) is 0 Å². The predicted molar refractivity (Wildman–Crippen MR) is 49.7 cm³/mol. The zero-order valence-corrected chi connectivity index (χ0v) is 8.31. The Morgan fingerprint density at radius 3 is 2.14 bits per heavy atom. The number of nitrogens with two attached hydrogens (primary N) is 1. The van der Waals surface area contributed by atoms with Gasteiger partial charge >= 0.3 is 6.18 Å². The van der Waals surface area contributed by atoms with E-state index >= 15 is 0 Å². The number of hydrogen-bond donors (Lipinski definition) is 1. The molecular weight excluding hydrogens is 193 g/mol. The van der Waals surface area contributed by atoms with Crippen molar-refractivity contribution < 1.29 is 13.2 Å². The van der Waals surface area contributed by atoms with Crippen molar-refractivity contribution in [1.82, 2.24) is 4.98 Å². The SMILES string of the molecule is CC.Cc1cc(C(F)(F)F)ncc1N. The monoisotopic (exact) mass is 206 g/mol. The standard InChI is InChI=1S/C7H7F3N2.C2H6/c1-4-2-6(7(8,9)10)12-3-5(4)11;1-2/h2-3H,11H2,1H3;1-2H3. The molecule has 0 aliphatic heterocycles. The molecule has 0 unspecified atom stereocenters. The number of rotatable bonds is 0. The molecule has 0 spiro atoms. The molecule has 0 saturated carbocycles. The van der Waals surface area contributed by atoms with Crippen LogP contribution in [0.4, 0.5) is 18.9 Å². The Morgan fingerprint density at radius 2 is 1.79 bits per heavy atom. The van der Waals surface area contributed by atoms with Gasteiger partial charge in [-0.2, -0.15) is 13.2 Å². The molecule has 80 valence electrons. The normalized spacial score (nSPS) is 10.4. The van der Waals surface area contributed by atoms with E-state index < -0.39 is 11.9 Å². The number of nitrogen functional groups attached to an aromatic ring is 1. The van der Waals surface area contributed by atoms with Crippen LogP contribution >= 0.6 is 0 Å². The van der Waals surface area contributed by atoms with E-state index in [1.54, 1.807) is 0 Å². The first-order valence-electron chi connectivity index (χ1n) is 4.20. The van der Waals surface area contributed by atoms with Crippen LogP contribution in [-0.2, 0) is 6.18 Å². The van der Waals surface area contributed by atoms with Gasteiger partial charge < -0.3 is 5.73 Å². The third-order valence-electron chi connectivity index (χ3n) is 1.44. The van der Waals surface area contributed by atoms with Crippen LogP contribution in [0, 0.1) is 6.92 Å². The Balaban J connectivity index is 0.000000791. The quantitative estimate of drug-likeness (QED) is 0.708. The van der Waals surface area contributed by atoms with Gasteiger partial charge in [-0.15, -0.1) is 0 Å². The first kappa shape index (κ1) is 12.7. The Morgan fingerprint density at radius 1 is 1.29 bits per heavy atom. The molecule has 1 aromatic heterocycles. The second-order valence-corrected chi connectivity index (χ2v) is 2.42. The van der Waals surface area contributed by atoms with Crippen molar-refractivity contribution >= 4 is 5.69 Å². The van der Waals surface area contributed by atoms with Gasteiger partial charge in [0.15, 0.2) is 0 Å². The summed E-state index contributed by atoms with van der Waals surface area (Å²) < 4.78 is 36.0. The van der Waals surface area contributed by atoms with E-state index in [-0.39, 0.29) is 5.69 Å². The lowest BCUT2D eigenvalue weighted by Gasteiger charge is -2.06. The first-order valence-corrected chi connectivity index (χ1v) is 4.20. The summed E-state index contributed by atoms with van der Waals surface area (Å²) in [5, 5.41) is 0. The van der Waals surface area contributed by atoms with E-state index in [4.69, 9.17) is 5.73 Å². The molecule has 0 aliphatic rings. The van der Waals surface area contributed by atoms with Crippen molar-refractivity contribution in [2.75, 3.05) is 5.73 Å². The summed E-state index contributed by atoms with van der Waals surface area (Å²) in [5.74, 6) is 0. The molecule has 1 heterocycles. The maximum Gasteiger partial charge on any atom is 0.433 e. The van der Waals surface area contributed by atoms with E-state index in [0.29, 0.717) is 5.56 Å². The number of alkyl halides is 3. The van der Waals surface area contributed by atoms with Gasteiger partial charge in [-0.3, -0.25) is 0 Å². The van der Waals surface area contributed by atoms with Gasteiger partial charge in [0.2, 0.25) is 0 Å². The highest BCUT2D eigenvalue weighted by atomic mass is 19.4. The second-order valence-electron chi connectivity index (χ2n) is 2.42. The fourth-order valence-corrected chi connectivity index (χ4v) is 0.722. The summed E-state index contributed by atoms with van der Waals surface area (Å²) in [6, 6.07) is 0.926. The van der Waals surface area contributed by atoms with Crippen LogP contribution in [-0.4, -0.2) is 4.98 Å². The zero-order chi connectivity index (χ0) is 11.4. The van der Waals surface area contributed by atoms with E-state index in [1.165, 1.54) is 6.92 Å². The minimum Gasteiger partial charge on any atom is -0.397 e. The highest BCUT2D eigenvalue weighted by Gasteiger charge is 2.32. The maximum atomic E-state index is 12.0.